The van der Waals surface area contributed by atoms with E-state index in [0.717, 1.165) is 30.6 Å². The van der Waals surface area contributed by atoms with E-state index in [2.05, 4.69) is 22.4 Å². The van der Waals surface area contributed by atoms with Crippen molar-refractivity contribution in [1.29, 1.82) is 0 Å². The van der Waals surface area contributed by atoms with Gasteiger partial charge in [-0.1, -0.05) is 19.8 Å². The molecule has 0 spiro atoms. The number of hydrogen-bond acceptors (Lipinski definition) is 5. The molecule has 1 aliphatic rings. The van der Waals surface area contributed by atoms with E-state index in [1.165, 1.54) is 21.9 Å². The molecule has 1 amide bonds. The lowest BCUT2D eigenvalue weighted by Gasteiger charge is -2.29. The van der Waals surface area contributed by atoms with E-state index in [-0.39, 0.29) is 24.1 Å². The summed E-state index contributed by atoms with van der Waals surface area (Å²) in [5.74, 6) is 1.03. The Labute approximate surface area is 168 Å². The van der Waals surface area contributed by atoms with Crippen molar-refractivity contribution >= 4 is 11.4 Å². The normalized spacial score (nSPS) is 19.2. The van der Waals surface area contributed by atoms with Crippen LogP contribution in [0.15, 0.2) is 41.5 Å². The van der Waals surface area contributed by atoms with Crippen LogP contribution in [-0.2, 0) is 11.3 Å². The number of aromatic nitrogens is 4. The number of hydrogen-bond donors (Lipinski definition) is 1. The fourth-order valence-corrected chi connectivity index (χ4v) is 3.87. The summed E-state index contributed by atoms with van der Waals surface area (Å²) in [5.41, 5.74) is 1.56. The van der Waals surface area contributed by atoms with Crippen LogP contribution < -0.4 is 15.6 Å². The zero-order valence-corrected chi connectivity index (χ0v) is 16.7. The average Bonchev–Trinajstić information content (AvgIpc) is 3.17. The van der Waals surface area contributed by atoms with Crippen LogP contribution in [0.1, 0.15) is 32.6 Å². The maximum Gasteiger partial charge on any atom is 0.293 e. The fraction of sp³-hybridized carbons (Fsp3) is 0.429. The van der Waals surface area contributed by atoms with Gasteiger partial charge in [0.2, 0.25) is 5.91 Å². The maximum absolute atomic E-state index is 12.8. The van der Waals surface area contributed by atoms with Gasteiger partial charge in [0.05, 0.1) is 12.8 Å². The Balaban J connectivity index is 1.54. The first kappa shape index (κ1) is 19.2. The molecule has 1 fully saturated rings. The second-order valence-corrected chi connectivity index (χ2v) is 7.62. The molecular weight excluding hydrogens is 370 g/mol. The largest absolute Gasteiger partial charge is 0.497 e. The van der Waals surface area contributed by atoms with E-state index in [1.807, 2.05) is 24.3 Å². The van der Waals surface area contributed by atoms with E-state index in [1.54, 1.807) is 13.2 Å². The predicted molar refractivity (Wildman–Crippen MR) is 109 cm³/mol. The van der Waals surface area contributed by atoms with E-state index in [9.17, 15) is 9.59 Å². The zero-order chi connectivity index (χ0) is 20.4. The van der Waals surface area contributed by atoms with Crippen molar-refractivity contribution in [2.24, 2.45) is 5.92 Å². The Morgan fingerprint density at radius 2 is 2.00 bits per heavy atom. The number of nitrogens with one attached hydrogen (secondary N) is 1. The Hall–Kier alpha value is -3.16. The fourth-order valence-electron chi connectivity index (χ4n) is 3.87. The Morgan fingerprint density at radius 1 is 1.24 bits per heavy atom. The summed E-state index contributed by atoms with van der Waals surface area (Å²) in [6.07, 6.45) is 5.91. The summed E-state index contributed by atoms with van der Waals surface area (Å²) in [5, 5.41) is 11.6. The molecule has 1 saturated carbocycles. The zero-order valence-electron chi connectivity index (χ0n) is 16.7. The molecule has 0 unspecified atom stereocenters. The molecule has 4 rings (SSSR count). The molecule has 0 radical (unpaired) electrons. The molecule has 2 atom stereocenters. The Kier molecular flexibility index (Phi) is 5.33. The van der Waals surface area contributed by atoms with Crippen LogP contribution in [0, 0.1) is 5.92 Å². The number of benzene rings is 1. The summed E-state index contributed by atoms with van der Waals surface area (Å²) in [7, 11) is 1.61. The van der Waals surface area contributed by atoms with Gasteiger partial charge in [-0.15, -0.1) is 0 Å². The number of carbonyl (C=O) groups is 1. The first-order chi connectivity index (χ1) is 14.0. The van der Waals surface area contributed by atoms with Crippen LogP contribution in [0.25, 0.3) is 16.8 Å². The highest BCUT2D eigenvalue weighted by Gasteiger charge is 2.23. The molecule has 3 aromatic rings. The van der Waals surface area contributed by atoms with Gasteiger partial charge in [-0.2, -0.15) is 10.2 Å². The third-order valence-corrected chi connectivity index (χ3v) is 5.63. The molecule has 1 N–H and O–H groups in total. The third kappa shape index (κ3) is 4.01. The minimum Gasteiger partial charge on any atom is -0.497 e. The number of methoxy groups -OCH3 is 1. The third-order valence-electron chi connectivity index (χ3n) is 5.63. The molecule has 0 bridgehead atoms. The molecular formula is C21H25N5O3. The van der Waals surface area contributed by atoms with Gasteiger partial charge in [0, 0.05) is 11.6 Å². The summed E-state index contributed by atoms with van der Waals surface area (Å²) in [4.78, 5) is 25.3. The summed E-state index contributed by atoms with van der Waals surface area (Å²) < 4.78 is 7.81. The lowest BCUT2D eigenvalue weighted by atomic mass is 9.86. The molecule has 0 aliphatic heterocycles. The van der Waals surface area contributed by atoms with Gasteiger partial charge >= 0.3 is 0 Å². The molecule has 8 heteroatoms. The molecule has 29 heavy (non-hydrogen) atoms. The molecule has 1 aromatic carbocycles. The van der Waals surface area contributed by atoms with Crippen molar-refractivity contribution in [1.82, 2.24) is 24.7 Å². The van der Waals surface area contributed by atoms with E-state index < -0.39 is 0 Å². The van der Waals surface area contributed by atoms with Gasteiger partial charge in [-0.25, -0.2) is 9.20 Å². The monoisotopic (exact) mass is 395 g/mol. The van der Waals surface area contributed by atoms with Gasteiger partial charge in [0.25, 0.3) is 5.56 Å². The van der Waals surface area contributed by atoms with Crippen LogP contribution in [0.5, 0.6) is 5.75 Å². The number of nitrogens with zero attached hydrogens (tertiary/aromatic N) is 4. The quantitative estimate of drug-likeness (QED) is 0.716. The lowest BCUT2D eigenvalue weighted by Crippen LogP contribution is -2.44. The van der Waals surface area contributed by atoms with Crippen molar-refractivity contribution < 1.29 is 9.53 Å². The van der Waals surface area contributed by atoms with E-state index >= 15 is 0 Å². The number of fused-ring (bicyclic) bond motifs is 1. The highest BCUT2D eigenvalue weighted by atomic mass is 16.5. The molecule has 8 nitrogen and oxygen atoms in total. The summed E-state index contributed by atoms with van der Waals surface area (Å²) in [6.45, 7) is 2.06. The SMILES string of the molecule is COc1ccc(-c2cc3c(=O)n(CC(=O)N[C@@H]4CCCC[C@@H]4C)ncn3n2)cc1. The van der Waals surface area contributed by atoms with Gasteiger partial charge < -0.3 is 10.1 Å². The topological polar surface area (TPSA) is 90.5 Å². The van der Waals surface area contributed by atoms with Crippen LogP contribution in [0.2, 0.25) is 0 Å². The second kappa shape index (κ2) is 8.06. The highest BCUT2D eigenvalue weighted by molar-refractivity contribution is 5.76. The van der Waals surface area contributed by atoms with Crippen molar-refractivity contribution in [3.8, 4) is 17.0 Å². The lowest BCUT2D eigenvalue weighted by molar-refractivity contribution is -0.123. The summed E-state index contributed by atoms with van der Waals surface area (Å²) in [6, 6.07) is 9.33. The maximum atomic E-state index is 12.8. The molecule has 2 heterocycles. The highest BCUT2D eigenvalue weighted by Crippen LogP contribution is 2.24. The van der Waals surface area contributed by atoms with Crippen molar-refractivity contribution in [2.75, 3.05) is 7.11 Å². The first-order valence-electron chi connectivity index (χ1n) is 9.94. The Morgan fingerprint density at radius 3 is 2.72 bits per heavy atom. The van der Waals surface area contributed by atoms with Crippen LogP contribution in [0.3, 0.4) is 0 Å². The van der Waals surface area contributed by atoms with E-state index in [4.69, 9.17) is 4.74 Å². The second-order valence-electron chi connectivity index (χ2n) is 7.62. The van der Waals surface area contributed by atoms with Crippen LogP contribution in [0.4, 0.5) is 0 Å². The number of rotatable bonds is 5. The van der Waals surface area contributed by atoms with Gasteiger partial charge in [-0.3, -0.25) is 9.59 Å². The van der Waals surface area contributed by atoms with Gasteiger partial charge in [0.1, 0.15) is 24.1 Å². The van der Waals surface area contributed by atoms with Crippen molar-refractivity contribution in [3.63, 3.8) is 0 Å². The number of carbonyl (C=O) groups excluding carboxylic acids is 1. The predicted octanol–water partition coefficient (Wildman–Crippen LogP) is 2.26. The van der Waals surface area contributed by atoms with Crippen molar-refractivity contribution in [3.05, 3.63) is 47.0 Å². The number of amides is 1. The minimum absolute atomic E-state index is 0.0956. The minimum atomic E-state index is -0.341. The number of ether oxygens (including phenoxy) is 1. The molecule has 2 aromatic heterocycles. The van der Waals surface area contributed by atoms with E-state index in [0.29, 0.717) is 17.1 Å². The van der Waals surface area contributed by atoms with Gasteiger partial charge in [-0.05, 0) is 49.1 Å². The molecule has 1 aliphatic carbocycles. The summed E-state index contributed by atoms with van der Waals surface area (Å²) >= 11 is 0. The van der Waals surface area contributed by atoms with Crippen LogP contribution in [-0.4, -0.2) is 38.5 Å². The smallest absolute Gasteiger partial charge is 0.293 e. The molecule has 152 valence electrons. The van der Waals surface area contributed by atoms with Crippen molar-refractivity contribution in [2.45, 2.75) is 45.2 Å². The average molecular weight is 395 g/mol. The standard InChI is InChI=1S/C21H25N5O3/c1-14-5-3-4-6-17(14)23-20(27)12-25-21(28)19-11-18(24-26(19)13-22-25)15-7-9-16(29-2)10-8-15/h7-11,13-14,17H,3-6,12H2,1-2H3,(H,23,27)/t14-,17+/m0/s1. The van der Waals surface area contributed by atoms with Gasteiger partial charge in [0.15, 0.2) is 0 Å². The Bertz CT molecular complexity index is 1070. The molecule has 0 saturated heterocycles. The first-order valence-corrected chi connectivity index (χ1v) is 9.94. The van der Waals surface area contributed by atoms with Crippen LogP contribution >= 0.6 is 0 Å².